The Morgan fingerprint density at radius 3 is 2.43 bits per heavy atom. The Kier molecular flexibility index (Phi) is 5.20. The molecule has 1 aromatic heterocycles. The van der Waals surface area contributed by atoms with E-state index >= 15 is 0 Å². The van der Waals surface area contributed by atoms with Gasteiger partial charge in [0.25, 0.3) is 5.56 Å². The number of hydrogen-bond acceptors (Lipinski definition) is 2. The number of aryl methyl sites for hydroxylation is 1. The van der Waals surface area contributed by atoms with E-state index in [2.05, 4.69) is 43.4 Å². The van der Waals surface area contributed by atoms with Crippen LogP contribution in [0.15, 0.2) is 53.5 Å². The van der Waals surface area contributed by atoms with Crippen LogP contribution in [0.1, 0.15) is 32.3 Å². The Hall–Kier alpha value is -2.03. The fourth-order valence-electron chi connectivity index (χ4n) is 2.55. The standard InChI is InChI=1S/C18H24N2O/c1-4-20-13-16(10-11-18(20)21)19-12-17(14(2)3)15-8-6-5-7-9-15/h5-11,13-14,17,19H,4,12H2,1-3H3. The number of pyridine rings is 1. The molecule has 0 spiro atoms. The summed E-state index contributed by atoms with van der Waals surface area (Å²) < 4.78 is 1.72. The molecule has 0 aliphatic rings. The highest BCUT2D eigenvalue weighted by molar-refractivity contribution is 5.41. The summed E-state index contributed by atoms with van der Waals surface area (Å²) in [5, 5.41) is 3.47. The molecule has 2 aromatic rings. The van der Waals surface area contributed by atoms with E-state index in [-0.39, 0.29) is 5.56 Å². The number of nitrogens with one attached hydrogen (secondary N) is 1. The van der Waals surface area contributed by atoms with Crippen molar-refractivity contribution in [1.29, 1.82) is 0 Å². The van der Waals surface area contributed by atoms with Gasteiger partial charge in [-0.15, -0.1) is 0 Å². The van der Waals surface area contributed by atoms with Gasteiger partial charge in [-0.05, 0) is 24.5 Å². The van der Waals surface area contributed by atoms with Gasteiger partial charge in [-0.1, -0.05) is 44.2 Å². The smallest absolute Gasteiger partial charge is 0.250 e. The normalized spacial score (nSPS) is 12.4. The van der Waals surface area contributed by atoms with Crippen molar-refractivity contribution in [2.24, 2.45) is 5.92 Å². The quantitative estimate of drug-likeness (QED) is 0.877. The van der Waals surface area contributed by atoms with Crippen LogP contribution in [0.2, 0.25) is 0 Å². The number of nitrogens with zero attached hydrogens (tertiary/aromatic N) is 1. The summed E-state index contributed by atoms with van der Waals surface area (Å²) in [5.41, 5.74) is 2.40. The van der Waals surface area contributed by atoms with Gasteiger partial charge in [-0.3, -0.25) is 4.79 Å². The second kappa shape index (κ2) is 7.11. The predicted octanol–water partition coefficient (Wildman–Crippen LogP) is 3.72. The molecule has 0 radical (unpaired) electrons. The van der Waals surface area contributed by atoms with Crippen molar-refractivity contribution in [2.45, 2.75) is 33.2 Å². The molecule has 0 aliphatic carbocycles. The van der Waals surface area contributed by atoms with Gasteiger partial charge in [0.05, 0.1) is 5.69 Å². The van der Waals surface area contributed by atoms with E-state index in [9.17, 15) is 4.79 Å². The Bertz CT molecular complexity index is 617. The van der Waals surface area contributed by atoms with Crippen LogP contribution in [0.4, 0.5) is 5.69 Å². The highest BCUT2D eigenvalue weighted by atomic mass is 16.1. The minimum atomic E-state index is 0.0477. The van der Waals surface area contributed by atoms with Gasteiger partial charge < -0.3 is 9.88 Å². The minimum Gasteiger partial charge on any atom is -0.383 e. The van der Waals surface area contributed by atoms with Gasteiger partial charge in [-0.25, -0.2) is 0 Å². The third kappa shape index (κ3) is 3.97. The second-order valence-corrected chi connectivity index (χ2v) is 5.68. The topological polar surface area (TPSA) is 34.0 Å². The van der Waals surface area contributed by atoms with Crippen molar-refractivity contribution in [2.75, 3.05) is 11.9 Å². The molecule has 1 aromatic carbocycles. The van der Waals surface area contributed by atoms with E-state index in [0.717, 1.165) is 12.2 Å². The average Bonchev–Trinajstić information content (AvgIpc) is 2.49. The van der Waals surface area contributed by atoms with Crippen LogP contribution in [0.5, 0.6) is 0 Å². The first kappa shape index (κ1) is 15.4. The fourth-order valence-corrected chi connectivity index (χ4v) is 2.55. The van der Waals surface area contributed by atoms with E-state index in [1.165, 1.54) is 5.56 Å². The lowest BCUT2D eigenvalue weighted by Crippen LogP contribution is -2.21. The number of benzene rings is 1. The molecule has 0 saturated carbocycles. The molecule has 0 aliphatic heterocycles. The number of aromatic nitrogens is 1. The van der Waals surface area contributed by atoms with Crippen molar-refractivity contribution in [3.05, 3.63) is 64.6 Å². The maximum absolute atomic E-state index is 11.6. The van der Waals surface area contributed by atoms with Crippen molar-refractivity contribution in [3.8, 4) is 0 Å². The van der Waals surface area contributed by atoms with Crippen LogP contribution in [0.3, 0.4) is 0 Å². The molecule has 3 heteroatoms. The van der Waals surface area contributed by atoms with Gasteiger partial charge in [0.15, 0.2) is 0 Å². The Labute approximate surface area is 126 Å². The van der Waals surface area contributed by atoms with E-state index in [1.54, 1.807) is 10.6 Å². The molecule has 2 rings (SSSR count). The van der Waals surface area contributed by atoms with Gasteiger partial charge >= 0.3 is 0 Å². The lowest BCUT2D eigenvalue weighted by molar-refractivity contribution is 0.517. The zero-order valence-electron chi connectivity index (χ0n) is 13.0. The summed E-state index contributed by atoms with van der Waals surface area (Å²) in [4.78, 5) is 11.6. The lowest BCUT2D eigenvalue weighted by atomic mass is 9.88. The molecule has 21 heavy (non-hydrogen) atoms. The lowest BCUT2D eigenvalue weighted by Gasteiger charge is -2.22. The summed E-state index contributed by atoms with van der Waals surface area (Å²) in [5.74, 6) is 1.00. The minimum absolute atomic E-state index is 0.0477. The summed E-state index contributed by atoms with van der Waals surface area (Å²) >= 11 is 0. The molecular weight excluding hydrogens is 260 g/mol. The van der Waals surface area contributed by atoms with Gasteiger partial charge in [-0.2, -0.15) is 0 Å². The third-order valence-corrected chi connectivity index (χ3v) is 3.88. The molecule has 0 fully saturated rings. The summed E-state index contributed by atoms with van der Waals surface area (Å²) in [6.07, 6.45) is 1.89. The summed E-state index contributed by atoms with van der Waals surface area (Å²) in [6.45, 7) is 8.02. The molecule has 0 bridgehead atoms. The molecule has 1 N–H and O–H groups in total. The molecule has 1 unspecified atom stereocenters. The highest BCUT2D eigenvalue weighted by Crippen LogP contribution is 2.24. The van der Waals surface area contributed by atoms with Crippen molar-refractivity contribution >= 4 is 5.69 Å². The molecule has 1 heterocycles. The van der Waals surface area contributed by atoms with E-state index in [0.29, 0.717) is 18.4 Å². The van der Waals surface area contributed by atoms with Crippen LogP contribution in [0, 0.1) is 5.92 Å². The van der Waals surface area contributed by atoms with Crippen molar-refractivity contribution in [3.63, 3.8) is 0 Å². The fraction of sp³-hybridized carbons (Fsp3) is 0.389. The Morgan fingerprint density at radius 2 is 1.81 bits per heavy atom. The Balaban J connectivity index is 2.11. The van der Waals surface area contributed by atoms with Crippen LogP contribution in [-0.2, 0) is 6.54 Å². The monoisotopic (exact) mass is 284 g/mol. The van der Waals surface area contributed by atoms with Crippen LogP contribution < -0.4 is 10.9 Å². The maximum Gasteiger partial charge on any atom is 0.250 e. The maximum atomic E-state index is 11.6. The van der Waals surface area contributed by atoms with E-state index < -0.39 is 0 Å². The average molecular weight is 284 g/mol. The van der Waals surface area contributed by atoms with E-state index in [4.69, 9.17) is 0 Å². The molecule has 1 atom stereocenters. The SMILES string of the molecule is CCn1cc(NCC(c2ccccc2)C(C)C)ccc1=O. The predicted molar refractivity (Wildman–Crippen MR) is 88.9 cm³/mol. The number of rotatable bonds is 6. The van der Waals surface area contributed by atoms with Crippen LogP contribution in [-0.4, -0.2) is 11.1 Å². The molecule has 112 valence electrons. The Morgan fingerprint density at radius 1 is 1.10 bits per heavy atom. The van der Waals surface area contributed by atoms with Crippen molar-refractivity contribution < 1.29 is 0 Å². The molecule has 0 saturated heterocycles. The molecular formula is C18H24N2O. The van der Waals surface area contributed by atoms with E-state index in [1.807, 2.05) is 25.3 Å². The first-order valence-electron chi connectivity index (χ1n) is 7.61. The first-order chi connectivity index (χ1) is 10.1. The van der Waals surface area contributed by atoms with Crippen molar-refractivity contribution in [1.82, 2.24) is 4.57 Å². The van der Waals surface area contributed by atoms with Gasteiger partial charge in [0.1, 0.15) is 0 Å². The second-order valence-electron chi connectivity index (χ2n) is 5.68. The first-order valence-corrected chi connectivity index (χ1v) is 7.61. The molecule has 0 amide bonds. The molecule has 3 nitrogen and oxygen atoms in total. The third-order valence-electron chi connectivity index (χ3n) is 3.88. The van der Waals surface area contributed by atoms with Gasteiger partial charge in [0.2, 0.25) is 0 Å². The largest absolute Gasteiger partial charge is 0.383 e. The van der Waals surface area contributed by atoms with Crippen LogP contribution in [0.25, 0.3) is 0 Å². The number of hydrogen-bond donors (Lipinski definition) is 1. The number of anilines is 1. The summed E-state index contributed by atoms with van der Waals surface area (Å²) in [7, 11) is 0. The highest BCUT2D eigenvalue weighted by Gasteiger charge is 2.15. The van der Waals surface area contributed by atoms with Gasteiger partial charge in [0, 0.05) is 31.3 Å². The zero-order chi connectivity index (χ0) is 15.2. The van der Waals surface area contributed by atoms with Crippen LogP contribution >= 0.6 is 0 Å². The zero-order valence-corrected chi connectivity index (χ0v) is 13.0. The summed E-state index contributed by atoms with van der Waals surface area (Å²) in [6, 6.07) is 14.1.